The molecule has 0 aromatic heterocycles. The molecule has 7 nitrogen and oxygen atoms in total. The number of ether oxygens (including phenoxy) is 1. The molecule has 0 aliphatic carbocycles. The summed E-state index contributed by atoms with van der Waals surface area (Å²) in [7, 11) is -3.79. The molecule has 0 spiro atoms. The fourth-order valence-electron chi connectivity index (χ4n) is 2.03. The number of halogens is 4. The number of nitrogens with one attached hydrogen (secondary N) is 1. The van der Waals surface area contributed by atoms with Crippen LogP contribution in [-0.2, 0) is 16.2 Å². The van der Waals surface area contributed by atoms with Crippen LogP contribution in [0.1, 0.15) is 11.1 Å². The van der Waals surface area contributed by atoms with Gasteiger partial charge in [-0.25, -0.2) is 8.42 Å². The molecule has 2 aromatic carbocycles. The Morgan fingerprint density at radius 2 is 1.89 bits per heavy atom. The minimum atomic E-state index is -4.59. The highest BCUT2D eigenvalue weighted by molar-refractivity contribution is 7.91. The molecular weight excluding hydrogens is 445 g/mol. The van der Waals surface area contributed by atoms with Crippen molar-refractivity contribution in [3.63, 3.8) is 0 Å². The van der Waals surface area contributed by atoms with Gasteiger partial charge >= 0.3 is 6.18 Å². The van der Waals surface area contributed by atoms with Crippen LogP contribution in [0.5, 0.6) is 11.5 Å². The maximum atomic E-state index is 12.7. The first-order chi connectivity index (χ1) is 12.8. The van der Waals surface area contributed by atoms with E-state index in [1.807, 2.05) is 4.72 Å². The van der Waals surface area contributed by atoms with Crippen LogP contribution in [0.25, 0.3) is 0 Å². The monoisotopic (exact) mass is 454 g/mol. The van der Waals surface area contributed by atoms with Crippen molar-refractivity contribution in [2.75, 3.05) is 6.26 Å². The number of rotatable bonds is 5. The number of sulfonamides is 1. The quantitative estimate of drug-likeness (QED) is 0.411. The number of hydrogen-bond donors (Lipinski definition) is 1. The molecule has 0 heterocycles. The van der Waals surface area contributed by atoms with Crippen molar-refractivity contribution in [3.8, 4) is 11.5 Å². The fourth-order valence-corrected chi connectivity index (χ4v) is 3.31. The Balaban J connectivity index is 2.41. The Hall–Kier alpha value is -2.44. The maximum absolute atomic E-state index is 12.7. The van der Waals surface area contributed by atoms with Crippen LogP contribution in [0.3, 0.4) is 0 Å². The van der Waals surface area contributed by atoms with Gasteiger partial charge < -0.3 is 4.74 Å². The van der Waals surface area contributed by atoms with Gasteiger partial charge in [0.25, 0.3) is 5.69 Å². The fraction of sp³-hybridized carbons (Fsp3) is 0.133. The number of benzene rings is 2. The van der Waals surface area contributed by atoms with Crippen molar-refractivity contribution in [2.45, 2.75) is 6.18 Å². The van der Waals surface area contributed by atoms with Gasteiger partial charge in [-0.05, 0) is 30.3 Å². The largest absolute Gasteiger partial charge is 0.456 e. The number of alkyl halides is 3. The Morgan fingerprint density at radius 3 is 2.39 bits per heavy atom. The van der Waals surface area contributed by atoms with Crippen molar-refractivity contribution in [1.29, 1.82) is 0 Å². The Morgan fingerprint density at radius 1 is 1.25 bits per heavy atom. The lowest BCUT2D eigenvalue weighted by molar-refractivity contribution is -0.385. The second-order valence-electron chi connectivity index (χ2n) is 5.38. The van der Waals surface area contributed by atoms with Gasteiger partial charge in [-0.3, -0.25) is 14.8 Å². The zero-order valence-electron chi connectivity index (χ0n) is 13.8. The lowest BCUT2D eigenvalue weighted by Crippen LogP contribution is -2.29. The molecule has 13 heteroatoms. The SMILES string of the molecule is CS(=O)(=O)NC(=S)c1cc(Oc2ccc(C(F)(F)F)cc2Cl)ccc1[N+](=O)[O-]. The number of nitrogens with zero attached hydrogens (tertiary/aromatic N) is 1. The molecule has 0 aliphatic rings. The highest BCUT2D eigenvalue weighted by Crippen LogP contribution is 2.37. The lowest BCUT2D eigenvalue weighted by Gasteiger charge is -2.12. The van der Waals surface area contributed by atoms with Crippen molar-refractivity contribution < 1.29 is 31.2 Å². The molecule has 0 bridgehead atoms. The molecule has 0 aliphatic heterocycles. The van der Waals surface area contributed by atoms with E-state index in [2.05, 4.69) is 0 Å². The molecule has 0 atom stereocenters. The molecule has 2 rings (SSSR count). The summed E-state index contributed by atoms with van der Waals surface area (Å²) in [5, 5.41) is 10.8. The molecule has 0 saturated carbocycles. The van der Waals surface area contributed by atoms with Crippen LogP contribution in [0, 0.1) is 10.1 Å². The first-order valence-corrected chi connectivity index (χ1v) is 9.81. The highest BCUT2D eigenvalue weighted by atomic mass is 35.5. The molecule has 0 unspecified atom stereocenters. The third kappa shape index (κ3) is 5.53. The van der Waals surface area contributed by atoms with Crippen LogP contribution >= 0.6 is 23.8 Å². The van der Waals surface area contributed by atoms with Crippen molar-refractivity contribution in [1.82, 2.24) is 4.72 Å². The van der Waals surface area contributed by atoms with Gasteiger partial charge in [-0.15, -0.1) is 0 Å². The van der Waals surface area contributed by atoms with Gasteiger partial charge in [-0.2, -0.15) is 13.2 Å². The second kappa shape index (κ2) is 7.89. The number of hydrogen-bond acceptors (Lipinski definition) is 6. The smallest absolute Gasteiger partial charge is 0.416 e. The molecule has 0 saturated heterocycles. The summed E-state index contributed by atoms with van der Waals surface area (Å²) in [6.45, 7) is 0. The van der Waals surface area contributed by atoms with Crippen LogP contribution in [0.15, 0.2) is 36.4 Å². The second-order valence-corrected chi connectivity index (χ2v) is 7.95. The summed E-state index contributed by atoms with van der Waals surface area (Å²) in [6.07, 6.45) is -3.78. The number of thiocarbonyl (C=S) groups is 1. The predicted octanol–water partition coefficient (Wildman–Crippen LogP) is 4.28. The number of nitro groups is 1. The predicted molar refractivity (Wildman–Crippen MR) is 99.3 cm³/mol. The van der Waals surface area contributed by atoms with E-state index in [0.717, 1.165) is 30.5 Å². The molecule has 0 fully saturated rings. The van der Waals surface area contributed by atoms with Crippen LogP contribution in [0.2, 0.25) is 5.02 Å². The first-order valence-electron chi connectivity index (χ1n) is 7.13. The van der Waals surface area contributed by atoms with Crippen LogP contribution < -0.4 is 9.46 Å². The van der Waals surface area contributed by atoms with Crippen molar-refractivity contribution in [3.05, 3.63) is 62.7 Å². The average molecular weight is 455 g/mol. The van der Waals surface area contributed by atoms with E-state index in [0.29, 0.717) is 6.07 Å². The highest BCUT2D eigenvalue weighted by Gasteiger charge is 2.31. The van der Waals surface area contributed by atoms with E-state index in [4.69, 9.17) is 28.6 Å². The molecule has 2 aromatic rings. The molecule has 1 N–H and O–H groups in total. The van der Waals surface area contributed by atoms with E-state index in [9.17, 15) is 31.7 Å². The third-order valence-corrected chi connectivity index (χ3v) is 4.50. The number of nitro benzene ring substituents is 1. The van der Waals surface area contributed by atoms with Gasteiger partial charge in [0.05, 0.1) is 27.3 Å². The standard InChI is InChI=1S/C15H10ClF3N2O5S2/c1-28(24,25)20-14(27)10-7-9(3-4-12(10)21(22)23)26-13-5-2-8(6-11(13)16)15(17,18)19/h2-7H,1H3,(H,20,27). The van der Waals surface area contributed by atoms with Gasteiger partial charge in [0.1, 0.15) is 16.5 Å². The Kier molecular flexibility index (Phi) is 6.16. The van der Waals surface area contributed by atoms with Crippen LogP contribution in [-0.4, -0.2) is 24.6 Å². The summed E-state index contributed by atoms with van der Waals surface area (Å²) in [5.41, 5.74) is -1.73. The average Bonchev–Trinajstić information content (AvgIpc) is 2.54. The minimum Gasteiger partial charge on any atom is -0.456 e. The summed E-state index contributed by atoms with van der Waals surface area (Å²) < 4.78 is 68.0. The van der Waals surface area contributed by atoms with Crippen LogP contribution in [0.4, 0.5) is 18.9 Å². The van der Waals surface area contributed by atoms with E-state index in [1.54, 1.807) is 0 Å². The minimum absolute atomic E-state index is 0.0556. The molecule has 150 valence electrons. The molecular formula is C15H10ClF3N2O5S2. The van der Waals surface area contributed by atoms with Crippen molar-refractivity contribution in [2.24, 2.45) is 0 Å². The van der Waals surface area contributed by atoms with E-state index < -0.39 is 37.4 Å². The summed E-state index contributed by atoms with van der Waals surface area (Å²) in [4.78, 5) is 9.92. The first kappa shape index (κ1) is 21.9. The Bertz CT molecular complexity index is 1060. The maximum Gasteiger partial charge on any atom is 0.416 e. The van der Waals surface area contributed by atoms with Gasteiger partial charge in [0, 0.05) is 6.07 Å². The van der Waals surface area contributed by atoms with Crippen molar-refractivity contribution >= 4 is 44.5 Å². The van der Waals surface area contributed by atoms with Gasteiger partial charge in [-0.1, -0.05) is 23.8 Å². The molecule has 28 heavy (non-hydrogen) atoms. The normalized spacial score (nSPS) is 11.8. The molecule has 0 radical (unpaired) electrons. The zero-order valence-corrected chi connectivity index (χ0v) is 16.2. The van der Waals surface area contributed by atoms with E-state index in [-0.39, 0.29) is 22.1 Å². The summed E-state index contributed by atoms with van der Waals surface area (Å²) >= 11 is 10.7. The summed E-state index contributed by atoms with van der Waals surface area (Å²) in [5.74, 6) is -0.198. The summed E-state index contributed by atoms with van der Waals surface area (Å²) in [6, 6.07) is 5.66. The van der Waals surface area contributed by atoms with E-state index >= 15 is 0 Å². The molecule has 0 amide bonds. The van der Waals surface area contributed by atoms with E-state index in [1.165, 1.54) is 6.07 Å². The van der Waals surface area contributed by atoms with Gasteiger partial charge in [0.15, 0.2) is 0 Å². The zero-order chi connectivity index (χ0) is 21.3. The lowest BCUT2D eigenvalue weighted by atomic mass is 10.1. The topological polar surface area (TPSA) is 98.5 Å². The Labute approximate surface area is 167 Å². The van der Waals surface area contributed by atoms with Gasteiger partial charge in [0.2, 0.25) is 10.0 Å². The third-order valence-electron chi connectivity index (χ3n) is 3.17.